The Morgan fingerprint density at radius 3 is 2.72 bits per heavy atom. The third kappa shape index (κ3) is 2.26. The fourth-order valence-corrected chi connectivity index (χ4v) is 2.28. The average Bonchev–Trinajstić information content (AvgIpc) is 2.65. The highest BCUT2D eigenvalue weighted by Crippen LogP contribution is 2.32. The van der Waals surface area contributed by atoms with Gasteiger partial charge in [-0.25, -0.2) is 4.98 Å². The van der Waals surface area contributed by atoms with E-state index in [-0.39, 0.29) is 0 Å². The molecule has 0 saturated carbocycles. The summed E-state index contributed by atoms with van der Waals surface area (Å²) >= 11 is 0. The Kier molecular flexibility index (Phi) is 3.70. The van der Waals surface area contributed by atoms with Crippen molar-refractivity contribution >= 4 is 5.69 Å². The molecule has 0 atom stereocenters. The van der Waals surface area contributed by atoms with Gasteiger partial charge in [-0.05, 0) is 25.5 Å². The van der Waals surface area contributed by atoms with E-state index in [9.17, 15) is 0 Å². The van der Waals surface area contributed by atoms with Crippen LogP contribution >= 0.6 is 0 Å². The number of imidazole rings is 1. The molecule has 2 N–H and O–H groups in total. The van der Waals surface area contributed by atoms with E-state index in [0.717, 1.165) is 24.5 Å². The summed E-state index contributed by atoms with van der Waals surface area (Å²) in [4.78, 5) is 7.93. The van der Waals surface area contributed by atoms with Gasteiger partial charge in [0.15, 0.2) is 0 Å². The van der Waals surface area contributed by atoms with Gasteiger partial charge in [-0.15, -0.1) is 0 Å². The summed E-state index contributed by atoms with van der Waals surface area (Å²) in [5, 5.41) is 3.46. The minimum atomic E-state index is 0.963. The monoisotopic (exact) mass is 243 g/mol. The zero-order valence-corrected chi connectivity index (χ0v) is 11.6. The zero-order valence-electron chi connectivity index (χ0n) is 11.6. The minimum Gasteiger partial charge on any atom is -0.384 e. The van der Waals surface area contributed by atoms with E-state index in [1.54, 1.807) is 0 Å². The Morgan fingerprint density at radius 1 is 1.17 bits per heavy atom. The van der Waals surface area contributed by atoms with Crippen molar-refractivity contribution in [1.82, 2.24) is 9.97 Å². The fraction of sp³-hybridized carbons (Fsp3) is 0.400. The molecule has 2 heterocycles. The first kappa shape index (κ1) is 12.7. The van der Waals surface area contributed by atoms with Crippen molar-refractivity contribution in [2.24, 2.45) is 0 Å². The molecule has 2 aromatic rings. The normalized spacial score (nSPS) is 12.4. The van der Waals surface area contributed by atoms with Crippen LogP contribution in [0.2, 0.25) is 0 Å². The second-order valence-corrected chi connectivity index (χ2v) is 4.38. The second kappa shape index (κ2) is 5.25. The summed E-state index contributed by atoms with van der Waals surface area (Å²) in [5.41, 5.74) is 6.04. The summed E-state index contributed by atoms with van der Waals surface area (Å²) < 4.78 is 0. The van der Waals surface area contributed by atoms with Crippen molar-refractivity contribution in [3.63, 3.8) is 0 Å². The van der Waals surface area contributed by atoms with E-state index in [1.165, 1.54) is 22.5 Å². The van der Waals surface area contributed by atoms with Crippen molar-refractivity contribution in [3.05, 3.63) is 35.3 Å². The first-order valence-corrected chi connectivity index (χ1v) is 6.64. The lowest BCUT2D eigenvalue weighted by Gasteiger charge is -2.07. The lowest BCUT2D eigenvalue weighted by Crippen LogP contribution is -2.03. The van der Waals surface area contributed by atoms with E-state index >= 15 is 0 Å². The van der Waals surface area contributed by atoms with Crippen LogP contribution in [0.3, 0.4) is 0 Å². The number of hydrogen-bond acceptors (Lipinski definition) is 2. The van der Waals surface area contributed by atoms with Gasteiger partial charge in [-0.3, -0.25) is 0 Å². The highest BCUT2D eigenvalue weighted by Gasteiger charge is 2.17. The molecular formula is C15H21N3. The van der Waals surface area contributed by atoms with Gasteiger partial charge >= 0.3 is 0 Å². The summed E-state index contributed by atoms with van der Waals surface area (Å²) in [5.74, 6) is 0.999. The number of H-pyrrole nitrogens is 1. The van der Waals surface area contributed by atoms with Crippen molar-refractivity contribution in [3.8, 4) is 11.3 Å². The largest absolute Gasteiger partial charge is 0.384 e. The highest BCUT2D eigenvalue weighted by atomic mass is 15.0. The van der Waals surface area contributed by atoms with Gasteiger partial charge in [0.2, 0.25) is 0 Å². The molecule has 1 aromatic carbocycles. The van der Waals surface area contributed by atoms with E-state index in [0.29, 0.717) is 0 Å². The lowest BCUT2D eigenvalue weighted by atomic mass is 10.1. The molecule has 1 aliphatic heterocycles. The quantitative estimate of drug-likeness (QED) is 0.741. The third-order valence-electron chi connectivity index (χ3n) is 3.02. The SMILES string of the molecule is CC.Cc1ccc2c(c1)NCCc1[nH]c(C)nc1-2. The molecular weight excluding hydrogens is 222 g/mol. The lowest BCUT2D eigenvalue weighted by molar-refractivity contribution is 0.977. The van der Waals surface area contributed by atoms with Crippen LogP contribution in [0.4, 0.5) is 5.69 Å². The molecule has 1 aliphatic rings. The molecule has 0 amide bonds. The molecule has 96 valence electrons. The van der Waals surface area contributed by atoms with Crippen molar-refractivity contribution < 1.29 is 0 Å². The Morgan fingerprint density at radius 2 is 1.94 bits per heavy atom. The molecule has 0 radical (unpaired) electrons. The molecule has 3 rings (SSSR count). The Bertz CT molecular complexity index is 541. The number of nitrogens with one attached hydrogen (secondary N) is 2. The number of rotatable bonds is 0. The summed E-state index contributed by atoms with van der Waals surface area (Å²) in [6, 6.07) is 6.48. The smallest absolute Gasteiger partial charge is 0.103 e. The molecule has 0 spiro atoms. The van der Waals surface area contributed by atoms with Gasteiger partial charge in [0.05, 0.1) is 5.69 Å². The summed E-state index contributed by atoms with van der Waals surface area (Å²) in [7, 11) is 0. The van der Waals surface area contributed by atoms with Crippen LogP contribution in [0.15, 0.2) is 18.2 Å². The molecule has 0 aliphatic carbocycles. The zero-order chi connectivity index (χ0) is 13.1. The number of hydrogen-bond donors (Lipinski definition) is 2. The van der Waals surface area contributed by atoms with Crippen LogP contribution in [-0.4, -0.2) is 16.5 Å². The van der Waals surface area contributed by atoms with Gasteiger partial charge in [-0.1, -0.05) is 26.0 Å². The number of aromatic amines is 1. The first-order valence-electron chi connectivity index (χ1n) is 6.64. The third-order valence-corrected chi connectivity index (χ3v) is 3.02. The molecule has 0 bridgehead atoms. The number of benzene rings is 1. The van der Waals surface area contributed by atoms with Crippen molar-refractivity contribution in [1.29, 1.82) is 0 Å². The Hall–Kier alpha value is -1.77. The van der Waals surface area contributed by atoms with Gasteiger partial charge in [0, 0.05) is 29.9 Å². The molecule has 3 heteroatoms. The number of anilines is 1. The molecule has 18 heavy (non-hydrogen) atoms. The van der Waals surface area contributed by atoms with E-state index in [4.69, 9.17) is 0 Å². The summed E-state index contributed by atoms with van der Waals surface area (Å²) in [6.45, 7) is 9.09. The minimum absolute atomic E-state index is 0.963. The van der Waals surface area contributed by atoms with E-state index in [2.05, 4.69) is 40.4 Å². The van der Waals surface area contributed by atoms with Crippen LogP contribution in [0, 0.1) is 13.8 Å². The Labute approximate surface area is 109 Å². The maximum atomic E-state index is 4.59. The highest BCUT2D eigenvalue weighted by molar-refractivity contribution is 5.78. The second-order valence-electron chi connectivity index (χ2n) is 4.38. The van der Waals surface area contributed by atoms with Gasteiger partial charge in [0.25, 0.3) is 0 Å². The number of fused-ring (bicyclic) bond motifs is 3. The number of aryl methyl sites for hydroxylation is 2. The fourth-order valence-electron chi connectivity index (χ4n) is 2.28. The molecule has 3 nitrogen and oxygen atoms in total. The number of nitrogens with zero attached hydrogens (tertiary/aromatic N) is 1. The van der Waals surface area contributed by atoms with Gasteiger partial charge in [-0.2, -0.15) is 0 Å². The van der Waals surface area contributed by atoms with Crippen LogP contribution in [0.1, 0.15) is 30.9 Å². The van der Waals surface area contributed by atoms with Gasteiger partial charge < -0.3 is 10.3 Å². The molecule has 0 saturated heterocycles. The Balaban J connectivity index is 0.000000574. The van der Waals surface area contributed by atoms with Crippen molar-refractivity contribution in [2.45, 2.75) is 34.1 Å². The molecule has 0 unspecified atom stereocenters. The van der Waals surface area contributed by atoms with Crippen LogP contribution in [0.5, 0.6) is 0 Å². The molecule has 0 fully saturated rings. The standard InChI is InChI=1S/C13H15N3.C2H6/c1-8-3-4-10-12(7-8)14-6-5-11-13(10)16-9(2)15-11;1-2/h3-4,7,14H,5-6H2,1-2H3,(H,15,16);1-2H3. The first-order chi connectivity index (χ1) is 8.74. The predicted octanol–water partition coefficient (Wildman–Crippen LogP) is 3.69. The number of aromatic nitrogens is 2. The predicted molar refractivity (Wildman–Crippen MR) is 77.0 cm³/mol. The average molecular weight is 243 g/mol. The maximum Gasteiger partial charge on any atom is 0.103 e. The van der Waals surface area contributed by atoms with Crippen LogP contribution < -0.4 is 5.32 Å². The maximum absolute atomic E-state index is 4.59. The summed E-state index contributed by atoms with van der Waals surface area (Å²) in [6.07, 6.45) is 1.00. The van der Waals surface area contributed by atoms with E-state index in [1.807, 2.05) is 20.8 Å². The van der Waals surface area contributed by atoms with Crippen LogP contribution in [-0.2, 0) is 6.42 Å². The molecule has 1 aromatic heterocycles. The van der Waals surface area contributed by atoms with E-state index < -0.39 is 0 Å². The van der Waals surface area contributed by atoms with Gasteiger partial charge in [0.1, 0.15) is 5.82 Å². The van der Waals surface area contributed by atoms with Crippen molar-refractivity contribution in [2.75, 3.05) is 11.9 Å². The van der Waals surface area contributed by atoms with Crippen LogP contribution in [0.25, 0.3) is 11.3 Å². The topological polar surface area (TPSA) is 40.7 Å².